The van der Waals surface area contributed by atoms with E-state index in [0.29, 0.717) is 6.42 Å². The fraction of sp³-hybridized carbons (Fsp3) is 0.182. The first kappa shape index (κ1) is 23.1. The highest BCUT2D eigenvalue weighted by molar-refractivity contribution is 6.31. The summed E-state index contributed by atoms with van der Waals surface area (Å²) < 4.78 is 2.36. The molecule has 5 heteroatoms. The first-order valence-electron chi connectivity index (χ1n) is 13.3. The summed E-state index contributed by atoms with van der Waals surface area (Å²) in [6.45, 7) is 3.09. The minimum absolute atomic E-state index is 0.0402. The minimum atomic E-state index is -0.256. The molecule has 4 aromatic carbocycles. The summed E-state index contributed by atoms with van der Waals surface area (Å²) in [5.74, 6) is 0.198. The van der Waals surface area contributed by atoms with E-state index in [2.05, 4.69) is 76.7 Å². The molecule has 2 unspecified atom stereocenters. The van der Waals surface area contributed by atoms with Crippen molar-refractivity contribution in [2.75, 3.05) is 10.6 Å². The van der Waals surface area contributed by atoms with E-state index in [-0.39, 0.29) is 17.7 Å². The van der Waals surface area contributed by atoms with E-state index >= 15 is 0 Å². The highest BCUT2D eigenvalue weighted by atomic mass is 35.5. The third-order valence-corrected chi connectivity index (χ3v) is 8.44. The fourth-order valence-electron chi connectivity index (χ4n) is 6.36. The molecule has 38 heavy (non-hydrogen) atoms. The standard InChI is InChI=1S/C33H28ClN3O/c1-2-37-29-14-8-4-10-23(29)24-17-20(15-16-30(24)37)33-32-28(35-26-12-6-7-13-27(26)36-33)18-21(19-31(32)38)22-9-3-5-11-25(22)34/h3-17,21,33,35-36H,2,18-19H2,1H3. The number of Topliss-reactive ketones (excluding diaryl/α,β-unsaturated/α-hetero) is 1. The van der Waals surface area contributed by atoms with Crippen LogP contribution in [-0.2, 0) is 11.3 Å². The van der Waals surface area contributed by atoms with Crippen molar-refractivity contribution < 1.29 is 4.79 Å². The van der Waals surface area contributed by atoms with Crippen LogP contribution in [0, 0.1) is 0 Å². The van der Waals surface area contributed by atoms with Gasteiger partial charge in [-0.25, -0.2) is 0 Å². The van der Waals surface area contributed by atoms with Gasteiger partial charge in [0.15, 0.2) is 5.78 Å². The lowest BCUT2D eigenvalue weighted by Crippen LogP contribution is -2.27. The van der Waals surface area contributed by atoms with Crippen molar-refractivity contribution in [3.63, 3.8) is 0 Å². The number of aryl methyl sites for hydroxylation is 1. The number of allylic oxidation sites excluding steroid dienone is 1. The van der Waals surface area contributed by atoms with Gasteiger partial charge < -0.3 is 15.2 Å². The molecule has 2 atom stereocenters. The monoisotopic (exact) mass is 517 g/mol. The van der Waals surface area contributed by atoms with Crippen LogP contribution in [0.25, 0.3) is 21.8 Å². The van der Waals surface area contributed by atoms with Gasteiger partial charge in [0.1, 0.15) is 0 Å². The maximum absolute atomic E-state index is 14.0. The lowest BCUT2D eigenvalue weighted by molar-refractivity contribution is -0.116. The molecule has 0 saturated carbocycles. The first-order chi connectivity index (χ1) is 18.6. The van der Waals surface area contributed by atoms with Gasteiger partial charge >= 0.3 is 0 Å². The average Bonchev–Trinajstić information content (AvgIpc) is 3.15. The van der Waals surface area contributed by atoms with E-state index in [4.69, 9.17) is 11.6 Å². The number of anilines is 2. The van der Waals surface area contributed by atoms with Crippen LogP contribution in [0.2, 0.25) is 5.02 Å². The van der Waals surface area contributed by atoms with Gasteiger partial charge in [-0.05, 0) is 66.8 Å². The van der Waals surface area contributed by atoms with Gasteiger partial charge in [-0.1, -0.05) is 66.2 Å². The summed E-state index contributed by atoms with van der Waals surface area (Å²) in [5.41, 5.74) is 8.35. The Hall–Kier alpha value is -4.02. The van der Waals surface area contributed by atoms with Gasteiger partial charge in [0, 0.05) is 51.1 Å². The molecule has 0 spiro atoms. The van der Waals surface area contributed by atoms with Crippen LogP contribution < -0.4 is 10.6 Å². The molecule has 188 valence electrons. The van der Waals surface area contributed by atoms with Gasteiger partial charge in [-0.15, -0.1) is 0 Å². The summed E-state index contributed by atoms with van der Waals surface area (Å²) in [6.07, 6.45) is 1.17. The number of fused-ring (bicyclic) bond motifs is 4. The molecule has 5 aromatic rings. The van der Waals surface area contributed by atoms with Crippen LogP contribution in [-0.4, -0.2) is 10.4 Å². The molecular weight excluding hydrogens is 490 g/mol. The zero-order valence-electron chi connectivity index (χ0n) is 21.2. The number of nitrogens with one attached hydrogen (secondary N) is 2. The molecule has 0 amide bonds. The van der Waals surface area contributed by atoms with E-state index in [1.165, 1.54) is 21.8 Å². The summed E-state index contributed by atoms with van der Waals surface area (Å²) in [7, 11) is 0. The van der Waals surface area contributed by atoms with E-state index in [0.717, 1.165) is 51.8 Å². The van der Waals surface area contributed by atoms with Crippen molar-refractivity contribution in [2.24, 2.45) is 0 Å². The molecule has 4 nitrogen and oxygen atoms in total. The van der Waals surface area contributed by atoms with Gasteiger partial charge in [-0.3, -0.25) is 4.79 Å². The molecule has 0 fully saturated rings. The molecule has 0 radical (unpaired) electrons. The van der Waals surface area contributed by atoms with Gasteiger partial charge in [-0.2, -0.15) is 0 Å². The second-order valence-electron chi connectivity index (χ2n) is 10.2. The third kappa shape index (κ3) is 3.63. The Morgan fingerprint density at radius 3 is 2.42 bits per heavy atom. The van der Waals surface area contributed by atoms with Crippen molar-refractivity contribution in [1.82, 2.24) is 4.57 Å². The summed E-state index contributed by atoms with van der Waals surface area (Å²) >= 11 is 6.57. The van der Waals surface area contributed by atoms with Gasteiger partial charge in [0.25, 0.3) is 0 Å². The van der Waals surface area contributed by atoms with Crippen LogP contribution in [0.5, 0.6) is 0 Å². The molecule has 0 bridgehead atoms. The van der Waals surface area contributed by atoms with E-state index in [1.54, 1.807) is 0 Å². The van der Waals surface area contributed by atoms with Crippen molar-refractivity contribution in [3.05, 3.63) is 118 Å². The predicted octanol–water partition coefficient (Wildman–Crippen LogP) is 8.45. The second-order valence-corrected chi connectivity index (χ2v) is 10.6. The Morgan fingerprint density at radius 2 is 1.58 bits per heavy atom. The maximum atomic E-state index is 14.0. The van der Waals surface area contributed by atoms with Crippen LogP contribution in [0.15, 0.2) is 102 Å². The van der Waals surface area contributed by atoms with E-state index in [9.17, 15) is 4.79 Å². The number of halogens is 1. The molecular formula is C33H28ClN3O. The summed E-state index contributed by atoms with van der Waals surface area (Å²) in [4.78, 5) is 14.0. The van der Waals surface area contributed by atoms with Crippen LogP contribution in [0.4, 0.5) is 11.4 Å². The molecule has 1 aromatic heterocycles. The van der Waals surface area contributed by atoms with Gasteiger partial charge in [0.2, 0.25) is 0 Å². The fourth-order valence-corrected chi connectivity index (χ4v) is 6.65. The zero-order chi connectivity index (χ0) is 25.8. The average molecular weight is 518 g/mol. The summed E-state index contributed by atoms with van der Waals surface area (Å²) in [5, 5.41) is 10.5. The molecule has 1 aliphatic carbocycles. The SMILES string of the molecule is CCn1c2ccccc2c2cc(C3Nc4ccccc4NC4=C3C(=O)CC(c3ccccc3Cl)C4)ccc21. The van der Waals surface area contributed by atoms with Gasteiger partial charge in [0.05, 0.1) is 17.4 Å². The highest BCUT2D eigenvalue weighted by Gasteiger charge is 2.36. The second kappa shape index (κ2) is 9.07. The first-order valence-corrected chi connectivity index (χ1v) is 13.6. The third-order valence-electron chi connectivity index (χ3n) is 8.10. The molecule has 2 aliphatic rings. The number of rotatable bonds is 3. The number of nitrogens with zero attached hydrogens (tertiary/aromatic N) is 1. The predicted molar refractivity (Wildman–Crippen MR) is 157 cm³/mol. The maximum Gasteiger partial charge on any atom is 0.163 e. The largest absolute Gasteiger partial charge is 0.372 e. The number of carbonyl (C=O) groups excluding carboxylic acids is 1. The van der Waals surface area contributed by atoms with Crippen molar-refractivity contribution in [1.29, 1.82) is 0 Å². The Morgan fingerprint density at radius 1 is 0.842 bits per heavy atom. The van der Waals surface area contributed by atoms with E-state index < -0.39 is 0 Å². The van der Waals surface area contributed by atoms with Crippen LogP contribution in [0.3, 0.4) is 0 Å². The molecule has 0 saturated heterocycles. The smallest absolute Gasteiger partial charge is 0.163 e. The Bertz CT molecular complexity index is 1770. The Labute approximate surface area is 226 Å². The minimum Gasteiger partial charge on any atom is -0.372 e. The molecule has 1 aliphatic heterocycles. The molecule has 7 rings (SSSR count). The number of ketones is 1. The summed E-state index contributed by atoms with van der Waals surface area (Å²) in [6, 6.07) is 31.0. The van der Waals surface area contributed by atoms with E-state index in [1.807, 2.05) is 36.4 Å². The number of aromatic nitrogens is 1. The molecule has 2 N–H and O–H groups in total. The van der Waals surface area contributed by atoms with Crippen LogP contribution >= 0.6 is 11.6 Å². The number of hydrogen-bond acceptors (Lipinski definition) is 3. The van der Waals surface area contributed by atoms with Crippen molar-refractivity contribution in [2.45, 2.75) is 38.3 Å². The lowest BCUT2D eigenvalue weighted by Gasteiger charge is -2.30. The Kier molecular flexibility index (Phi) is 5.52. The van der Waals surface area contributed by atoms with Crippen LogP contribution in [0.1, 0.15) is 42.9 Å². The quantitative estimate of drug-likeness (QED) is 0.252. The molecule has 2 heterocycles. The lowest BCUT2D eigenvalue weighted by atomic mass is 9.78. The number of benzene rings is 4. The number of carbonyl (C=O) groups is 1. The highest BCUT2D eigenvalue weighted by Crippen LogP contribution is 2.46. The Balaban J connectivity index is 1.40. The zero-order valence-corrected chi connectivity index (χ0v) is 21.9. The normalized spacial score (nSPS) is 19.1. The number of hydrogen-bond donors (Lipinski definition) is 2. The number of para-hydroxylation sites is 3. The van der Waals surface area contributed by atoms with Crippen molar-refractivity contribution >= 4 is 50.6 Å². The topological polar surface area (TPSA) is 46.1 Å². The van der Waals surface area contributed by atoms with Crippen molar-refractivity contribution in [3.8, 4) is 0 Å².